The van der Waals surface area contributed by atoms with Gasteiger partial charge in [0.05, 0.1) is 30.4 Å². The number of anilines is 1. The van der Waals surface area contributed by atoms with E-state index in [1.54, 1.807) is 25.7 Å². The van der Waals surface area contributed by atoms with Crippen LogP contribution in [0.2, 0.25) is 0 Å². The molecule has 0 radical (unpaired) electrons. The Morgan fingerprint density at radius 1 is 1.08 bits per heavy atom. The van der Waals surface area contributed by atoms with Crippen LogP contribution >= 0.6 is 0 Å². The fraction of sp³-hybridized carbons (Fsp3) is 0.167. The third kappa shape index (κ3) is 2.85. The first-order chi connectivity index (χ1) is 12.4. The lowest BCUT2D eigenvalue weighted by atomic mass is 10.3. The largest absolute Gasteiger partial charge is 0.383 e. The maximum Gasteiger partial charge on any atom is 0.157 e. The van der Waals surface area contributed by atoms with Gasteiger partial charge in [-0.25, -0.2) is 4.98 Å². The number of pyridine rings is 1. The molecule has 0 bridgehead atoms. The fourth-order valence-corrected chi connectivity index (χ4v) is 2.82. The van der Waals surface area contributed by atoms with Crippen molar-refractivity contribution in [1.82, 2.24) is 23.9 Å². The normalized spacial score (nSPS) is 11.1. The second-order valence-electron chi connectivity index (χ2n) is 5.51. The Morgan fingerprint density at radius 3 is 2.84 bits per heavy atom. The van der Waals surface area contributed by atoms with Gasteiger partial charge >= 0.3 is 0 Å². The van der Waals surface area contributed by atoms with Gasteiger partial charge in [0, 0.05) is 38.4 Å². The third-order valence-electron chi connectivity index (χ3n) is 3.94. The molecule has 0 aliphatic carbocycles. The zero-order valence-electron chi connectivity index (χ0n) is 13.8. The van der Waals surface area contributed by atoms with E-state index >= 15 is 0 Å². The molecule has 0 aromatic carbocycles. The highest BCUT2D eigenvalue weighted by Gasteiger charge is 2.17. The van der Waals surface area contributed by atoms with Crippen LogP contribution in [0.15, 0.2) is 61.4 Å². The maximum absolute atomic E-state index is 5.16. The Morgan fingerprint density at radius 2 is 2.00 bits per heavy atom. The first kappa shape index (κ1) is 15.3. The van der Waals surface area contributed by atoms with Crippen molar-refractivity contribution in [3.8, 4) is 17.1 Å². The summed E-state index contributed by atoms with van der Waals surface area (Å²) in [6.45, 7) is 1.30. The smallest absolute Gasteiger partial charge is 0.157 e. The second-order valence-corrected chi connectivity index (χ2v) is 5.51. The predicted octanol–water partition coefficient (Wildman–Crippen LogP) is 2.64. The number of fused-ring (bicyclic) bond motifs is 1. The number of nitrogens with one attached hydrogen (secondary N) is 1. The van der Waals surface area contributed by atoms with Gasteiger partial charge in [-0.05, 0) is 24.3 Å². The average molecular weight is 334 g/mol. The lowest BCUT2D eigenvalue weighted by Crippen LogP contribution is -2.10. The van der Waals surface area contributed by atoms with Crippen LogP contribution in [0, 0.1) is 0 Å². The minimum atomic E-state index is 0.612. The topological polar surface area (TPSA) is 69.3 Å². The van der Waals surface area contributed by atoms with Crippen molar-refractivity contribution >= 4 is 11.5 Å². The number of hydrogen-bond acceptors (Lipinski definition) is 5. The molecule has 0 spiro atoms. The minimum absolute atomic E-state index is 0.612. The molecule has 126 valence electrons. The number of aromatic nitrogens is 5. The summed E-state index contributed by atoms with van der Waals surface area (Å²) < 4.78 is 9.23. The molecule has 0 aliphatic rings. The quantitative estimate of drug-likeness (QED) is 0.549. The van der Waals surface area contributed by atoms with Gasteiger partial charge in [0.25, 0.3) is 0 Å². The number of nitrogens with zero attached hydrogens (tertiary/aromatic N) is 5. The Bertz CT molecular complexity index is 976. The van der Waals surface area contributed by atoms with Gasteiger partial charge in [-0.3, -0.25) is 14.4 Å². The van der Waals surface area contributed by atoms with Crippen LogP contribution < -0.4 is 5.32 Å². The van der Waals surface area contributed by atoms with Crippen molar-refractivity contribution in [3.63, 3.8) is 0 Å². The van der Waals surface area contributed by atoms with Crippen LogP contribution in [0.25, 0.3) is 22.7 Å². The van der Waals surface area contributed by atoms with Crippen LogP contribution in [0.3, 0.4) is 0 Å². The van der Waals surface area contributed by atoms with Crippen molar-refractivity contribution in [2.45, 2.75) is 0 Å². The van der Waals surface area contributed by atoms with Crippen molar-refractivity contribution in [2.75, 3.05) is 25.6 Å². The zero-order valence-corrected chi connectivity index (χ0v) is 13.8. The molecule has 1 N–H and O–H groups in total. The molecule has 4 rings (SSSR count). The molecule has 25 heavy (non-hydrogen) atoms. The molecule has 0 atom stereocenters. The van der Waals surface area contributed by atoms with E-state index in [4.69, 9.17) is 9.72 Å². The van der Waals surface area contributed by atoms with Crippen molar-refractivity contribution < 1.29 is 4.74 Å². The highest BCUT2D eigenvalue weighted by atomic mass is 16.5. The minimum Gasteiger partial charge on any atom is -0.383 e. The van der Waals surface area contributed by atoms with Crippen molar-refractivity contribution in [3.05, 3.63) is 61.4 Å². The Kier molecular flexibility index (Phi) is 4.14. The van der Waals surface area contributed by atoms with Crippen LogP contribution in [0.1, 0.15) is 0 Å². The van der Waals surface area contributed by atoms with Gasteiger partial charge in [-0.2, -0.15) is 0 Å². The molecular weight excluding hydrogens is 316 g/mol. The van der Waals surface area contributed by atoms with Crippen molar-refractivity contribution in [1.29, 1.82) is 0 Å². The van der Waals surface area contributed by atoms with E-state index < -0.39 is 0 Å². The first-order valence-corrected chi connectivity index (χ1v) is 8.01. The van der Waals surface area contributed by atoms with E-state index in [0.717, 1.165) is 28.5 Å². The second kappa shape index (κ2) is 6.74. The van der Waals surface area contributed by atoms with E-state index in [0.29, 0.717) is 13.2 Å². The summed E-state index contributed by atoms with van der Waals surface area (Å²) in [7, 11) is 1.69. The summed E-state index contributed by atoms with van der Waals surface area (Å²) in [6, 6.07) is 7.99. The fourth-order valence-electron chi connectivity index (χ4n) is 2.82. The van der Waals surface area contributed by atoms with Gasteiger partial charge in [-0.1, -0.05) is 0 Å². The molecule has 0 aliphatic heterocycles. The van der Waals surface area contributed by atoms with Gasteiger partial charge < -0.3 is 14.6 Å². The summed E-state index contributed by atoms with van der Waals surface area (Å²) in [6.07, 6.45) is 11.0. The first-order valence-electron chi connectivity index (χ1n) is 8.01. The zero-order chi connectivity index (χ0) is 17.1. The van der Waals surface area contributed by atoms with Gasteiger partial charge in [0.2, 0.25) is 0 Å². The molecule has 0 fully saturated rings. The number of methoxy groups -OCH3 is 1. The van der Waals surface area contributed by atoms with Crippen LogP contribution in [-0.4, -0.2) is 44.2 Å². The molecule has 0 saturated heterocycles. The molecular formula is C18H18N6O. The maximum atomic E-state index is 5.16. The number of rotatable bonds is 6. The summed E-state index contributed by atoms with van der Waals surface area (Å²) in [4.78, 5) is 13.2. The van der Waals surface area contributed by atoms with E-state index in [-0.39, 0.29) is 0 Å². The molecule has 4 aromatic rings. The summed E-state index contributed by atoms with van der Waals surface area (Å²) >= 11 is 0. The number of imidazole rings is 1. The van der Waals surface area contributed by atoms with Gasteiger partial charge in [0.1, 0.15) is 11.5 Å². The molecule has 7 nitrogen and oxygen atoms in total. The summed E-state index contributed by atoms with van der Waals surface area (Å²) in [5.74, 6) is 0.915. The highest BCUT2D eigenvalue weighted by Crippen LogP contribution is 2.30. The average Bonchev–Trinajstić information content (AvgIpc) is 3.27. The van der Waals surface area contributed by atoms with E-state index in [1.807, 2.05) is 47.3 Å². The Hall–Kier alpha value is -3.19. The van der Waals surface area contributed by atoms with Crippen molar-refractivity contribution in [2.24, 2.45) is 0 Å². The Labute approximate surface area is 145 Å². The van der Waals surface area contributed by atoms with Crippen LogP contribution in [-0.2, 0) is 4.74 Å². The third-order valence-corrected chi connectivity index (χ3v) is 3.94. The number of ether oxygens (including phenoxy) is 1. The van der Waals surface area contributed by atoms with E-state index in [2.05, 4.69) is 19.9 Å². The van der Waals surface area contributed by atoms with Gasteiger partial charge in [0.15, 0.2) is 5.65 Å². The summed E-state index contributed by atoms with van der Waals surface area (Å²) in [5.41, 5.74) is 3.62. The molecule has 0 amide bonds. The highest BCUT2D eigenvalue weighted by molar-refractivity contribution is 5.75. The lowest BCUT2D eigenvalue weighted by molar-refractivity contribution is 0.210. The Balaban J connectivity index is 1.84. The molecule has 0 saturated carbocycles. The SMILES string of the molecule is COCCNc1c(-c2cccn2-c2cccnc2)nc2cnccn12. The van der Waals surface area contributed by atoms with E-state index in [1.165, 1.54) is 0 Å². The molecule has 7 heteroatoms. The molecule has 4 heterocycles. The van der Waals surface area contributed by atoms with E-state index in [9.17, 15) is 0 Å². The van der Waals surface area contributed by atoms with Gasteiger partial charge in [-0.15, -0.1) is 0 Å². The van der Waals surface area contributed by atoms with Crippen LogP contribution in [0.4, 0.5) is 5.82 Å². The predicted molar refractivity (Wildman–Crippen MR) is 95.9 cm³/mol. The lowest BCUT2D eigenvalue weighted by Gasteiger charge is -2.11. The summed E-state index contributed by atoms with van der Waals surface area (Å²) in [5, 5.41) is 3.42. The molecule has 4 aromatic heterocycles. The monoisotopic (exact) mass is 334 g/mol. The van der Waals surface area contributed by atoms with Crippen LogP contribution in [0.5, 0.6) is 0 Å². The standard InChI is InChI=1S/C18H18N6O/c1-25-11-8-21-18-17(22-16-13-20-7-10-24(16)18)15-5-3-9-23(15)14-4-2-6-19-12-14/h2-7,9-10,12-13,21H,8,11H2,1H3. The molecule has 0 unspecified atom stereocenters. The number of hydrogen-bond donors (Lipinski definition) is 1.